The van der Waals surface area contributed by atoms with Crippen molar-refractivity contribution in [1.82, 2.24) is 4.98 Å². The minimum Gasteiger partial charge on any atom is -0.450 e. The van der Waals surface area contributed by atoms with Gasteiger partial charge in [0.25, 0.3) is 0 Å². The van der Waals surface area contributed by atoms with Gasteiger partial charge in [-0.25, -0.2) is 9.78 Å². The molecule has 0 fully saturated rings. The summed E-state index contributed by atoms with van der Waals surface area (Å²) in [5.74, 6) is -1.07. The first kappa shape index (κ1) is 20.3. The Morgan fingerprint density at radius 2 is 1.67 bits per heavy atom. The predicted octanol–water partition coefficient (Wildman–Crippen LogP) is 3.77. The molecule has 1 N–H and O–H groups in total. The Bertz CT molecular complexity index is 851. The summed E-state index contributed by atoms with van der Waals surface area (Å²) in [4.78, 5) is 39.9. The molecule has 6 nitrogen and oxygen atoms in total. The fourth-order valence-corrected chi connectivity index (χ4v) is 2.44. The number of Topliss-reactive ketones (excluding diaryl/α,β-unsaturated/α-hetero) is 1. The lowest BCUT2D eigenvalue weighted by Gasteiger charge is -2.19. The molecule has 0 radical (unpaired) electrons. The topological polar surface area (TPSA) is 85.4 Å². The summed E-state index contributed by atoms with van der Waals surface area (Å²) >= 11 is 0. The Hall–Kier alpha value is -3.02. The molecular weight excluding hydrogens is 344 g/mol. The Balaban J connectivity index is 2.07. The summed E-state index contributed by atoms with van der Waals surface area (Å²) in [6.45, 7) is 9.15. The normalized spacial score (nSPS) is 12.2. The van der Waals surface area contributed by atoms with Crippen molar-refractivity contribution in [3.63, 3.8) is 0 Å². The monoisotopic (exact) mass is 368 g/mol. The van der Waals surface area contributed by atoms with E-state index in [4.69, 9.17) is 4.74 Å². The van der Waals surface area contributed by atoms with E-state index in [1.807, 2.05) is 12.1 Å². The third-order valence-electron chi connectivity index (χ3n) is 3.95. The molecule has 0 unspecified atom stereocenters. The maximum Gasteiger partial charge on any atom is 0.357 e. The second kappa shape index (κ2) is 8.12. The lowest BCUT2D eigenvalue weighted by molar-refractivity contribution is -0.114. The Morgan fingerprint density at radius 1 is 1.04 bits per heavy atom. The van der Waals surface area contributed by atoms with Gasteiger partial charge in [-0.05, 0) is 30.0 Å². The summed E-state index contributed by atoms with van der Waals surface area (Å²) in [6, 6.07) is 11.9. The van der Waals surface area contributed by atoms with Crippen LogP contribution in [0.3, 0.4) is 0 Å². The van der Waals surface area contributed by atoms with Crippen LogP contribution >= 0.6 is 0 Å². The minimum absolute atomic E-state index is 0.00967. The van der Waals surface area contributed by atoms with Crippen molar-refractivity contribution < 1.29 is 19.1 Å². The number of ketones is 1. The molecule has 1 aromatic carbocycles. The van der Waals surface area contributed by atoms with Crippen LogP contribution < -0.4 is 5.32 Å². The number of hydrogen-bond acceptors (Lipinski definition) is 5. The van der Waals surface area contributed by atoms with Crippen molar-refractivity contribution in [1.29, 1.82) is 0 Å². The SMILES string of the molecule is CC(=O)Nc1cccc(C(=O)O[C@@H](C)C(=O)c2ccc(C(C)(C)C)cc2)n1. The molecule has 1 atom stereocenters. The number of rotatable bonds is 5. The number of esters is 1. The third kappa shape index (κ3) is 5.48. The molecule has 0 bridgehead atoms. The van der Waals surface area contributed by atoms with Gasteiger partial charge < -0.3 is 10.1 Å². The summed E-state index contributed by atoms with van der Waals surface area (Å²) in [7, 11) is 0. The molecule has 142 valence electrons. The van der Waals surface area contributed by atoms with Crippen molar-refractivity contribution >= 4 is 23.5 Å². The van der Waals surface area contributed by atoms with Gasteiger partial charge in [-0.15, -0.1) is 0 Å². The van der Waals surface area contributed by atoms with Crippen LogP contribution in [-0.4, -0.2) is 28.7 Å². The van der Waals surface area contributed by atoms with Gasteiger partial charge in [0.15, 0.2) is 11.8 Å². The number of anilines is 1. The number of pyridine rings is 1. The van der Waals surface area contributed by atoms with Crippen molar-refractivity contribution in [3.05, 3.63) is 59.3 Å². The molecule has 1 heterocycles. The van der Waals surface area contributed by atoms with E-state index in [0.29, 0.717) is 5.56 Å². The zero-order valence-electron chi connectivity index (χ0n) is 16.2. The second-order valence-corrected chi connectivity index (χ2v) is 7.33. The van der Waals surface area contributed by atoms with Crippen molar-refractivity contribution in [3.8, 4) is 0 Å². The van der Waals surface area contributed by atoms with Crippen LogP contribution in [0.2, 0.25) is 0 Å². The van der Waals surface area contributed by atoms with Crippen LogP contribution in [0.25, 0.3) is 0 Å². The Morgan fingerprint density at radius 3 is 2.22 bits per heavy atom. The molecule has 0 saturated heterocycles. The van der Waals surface area contributed by atoms with Gasteiger partial charge in [0.05, 0.1) is 0 Å². The summed E-state index contributed by atoms with van der Waals surface area (Å²) in [5, 5.41) is 2.49. The number of nitrogens with zero attached hydrogens (tertiary/aromatic N) is 1. The lowest BCUT2D eigenvalue weighted by atomic mass is 9.86. The molecule has 0 saturated carbocycles. The van der Waals surface area contributed by atoms with E-state index in [1.165, 1.54) is 19.9 Å². The number of nitrogens with one attached hydrogen (secondary N) is 1. The fourth-order valence-electron chi connectivity index (χ4n) is 2.44. The quantitative estimate of drug-likeness (QED) is 0.641. The molecule has 0 aliphatic carbocycles. The maximum atomic E-state index is 12.5. The molecule has 0 aliphatic rings. The summed E-state index contributed by atoms with van der Waals surface area (Å²) in [5.41, 5.74) is 1.60. The maximum absolute atomic E-state index is 12.5. The number of hydrogen-bond donors (Lipinski definition) is 1. The second-order valence-electron chi connectivity index (χ2n) is 7.33. The van der Waals surface area contributed by atoms with Crippen LogP contribution in [0.5, 0.6) is 0 Å². The van der Waals surface area contributed by atoms with Crippen LogP contribution in [0.15, 0.2) is 42.5 Å². The molecule has 1 aromatic heterocycles. The lowest BCUT2D eigenvalue weighted by Crippen LogP contribution is -2.25. The van der Waals surface area contributed by atoms with Gasteiger partial charge in [0.1, 0.15) is 5.82 Å². The Labute approximate surface area is 159 Å². The molecule has 1 amide bonds. The first-order valence-electron chi connectivity index (χ1n) is 8.68. The fraction of sp³-hybridized carbons (Fsp3) is 0.333. The highest BCUT2D eigenvalue weighted by molar-refractivity contribution is 6.01. The van der Waals surface area contributed by atoms with Crippen LogP contribution in [0.4, 0.5) is 5.82 Å². The number of ether oxygens (including phenoxy) is 1. The van der Waals surface area contributed by atoms with Crippen molar-refractivity contribution in [2.45, 2.75) is 46.1 Å². The largest absolute Gasteiger partial charge is 0.450 e. The highest BCUT2D eigenvalue weighted by Crippen LogP contribution is 2.22. The van der Waals surface area contributed by atoms with E-state index >= 15 is 0 Å². The van der Waals surface area contributed by atoms with E-state index in [-0.39, 0.29) is 28.6 Å². The van der Waals surface area contributed by atoms with Gasteiger partial charge in [-0.2, -0.15) is 0 Å². The van der Waals surface area contributed by atoms with E-state index in [9.17, 15) is 14.4 Å². The van der Waals surface area contributed by atoms with E-state index in [0.717, 1.165) is 5.56 Å². The highest BCUT2D eigenvalue weighted by Gasteiger charge is 2.22. The molecule has 0 aliphatic heterocycles. The first-order valence-corrected chi connectivity index (χ1v) is 8.68. The summed E-state index contributed by atoms with van der Waals surface area (Å²) < 4.78 is 5.25. The predicted molar refractivity (Wildman–Crippen MR) is 103 cm³/mol. The first-order chi connectivity index (χ1) is 12.6. The van der Waals surface area contributed by atoms with Crippen molar-refractivity contribution in [2.24, 2.45) is 0 Å². The average Bonchev–Trinajstić information content (AvgIpc) is 2.60. The number of benzene rings is 1. The molecule has 2 rings (SSSR count). The average molecular weight is 368 g/mol. The molecular formula is C21H24N2O4. The van der Waals surface area contributed by atoms with Gasteiger partial charge in [0.2, 0.25) is 11.7 Å². The number of carbonyl (C=O) groups is 3. The molecule has 6 heteroatoms. The van der Waals surface area contributed by atoms with E-state index in [2.05, 4.69) is 31.1 Å². The smallest absolute Gasteiger partial charge is 0.357 e. The van der Waals surface area contributed by atoms with Gasteiger partial charge in [-0.1, -0.05) is 51.1 Å². The number of aromatic nitrogens is 1. The molecule has 0 spiro atoms. The van der Waals surface area contributed by atoms with E-state index in [1.54, 1.807) is 24.3 Å². The number of amides is 1. The zero-order valence-corrected chi connectivity index (χ0v) is 16.2. The van der Waals surface area contributed by atoms with Gasteiger partial charge >= 0.3 is 5.97 Å². The number of carbonyl (C=O) groups excluding carboxylic acids is 3. The van der Waals surface area contributed by atoms with Crippen LogP contribution in [-0.2, 0) is 14.9 Å². The highest BCUT2D eigenvalue weighted by atomic mass is 16.5. The van der Waals surface area contributed by atoms with Crippen LogP contribution in [0.1, 0.15) is 61.0 Å². The molecule has 2 aromatic rings. The van der Waals surface area contributed by atoms with Crippen molar-refractivity contribution in [2.75, 3.05) is 5.32 Å². The minimum atomic E-state index is -0.954. The van der Waals surface area contributed by atoms with Crippen LogP contribution in [0, 0.1) is 0 Å². The zero-order chi connectivity index (χ0) is 20.2. The third-order valence-corrected chi connectivity index (χ3v) is 3.95. The molecule has 27 heavy (non-hydrogen) atoms. The van der Waals surface area contributed by atoms with Gasteiger partial charge in [-0.3, -0.25) is 9.59 Å². The standard InChI is InChI=1S/C21H24N2O4/c1-13(19(25)15-9-11-16(12-10-15)21(3,4)5)27-20(26)17-7-6-8-18(23-17)22-14(2)24/h6-13H,1-5H3,(H,22,23,24)/t13-/m0/s1. The van der Waals surface area contributed by atoms with Gasteiger partial charge in [0, 0.05) is 12.5 Å². The summed E-state index contributed by atoms with van der Waals surface area (Å²) in [6.07, 6.45) is -0.954. The van der Waals surface area contributed by atoms with E-state index < -0.39 is 12.1 Å². The Kier molecular flexibility index (Phi) is 6.10.